The van der Waals surface area contributed by atoms with Crippen molar-refractivity contribution in [1.82, 2.24) is 0 Å². The minimum Gasteiger partial charge on any atom is -0.397 e. The van der Waals surface area contributed by atoms with Gasteiger partial charge < -0.3 is 5.11 Å². The van der Waals surface area contributed by atoms with Crippen LogP contribution in [0.25, 0.3) is 0 Å². The molecule has 0 heterocycles. The normalized spacial score (nSPS) is 7.80. The topological polar surface area (TPSA) is 20.2 Å². The molecule has 0 saturated heterocycles. The Morgan fingerprint density at radius 1 is 1.20 bits per heavy atom. The molecule has 0 aliphatic rings. The maximum atomic E-state index is 7.57. The first-order valence-corrected chi connectivity index (χ1v) is 6.29. The zero-order valence-corrected chi connectivity index (χ0v) is 11.5. The summed E-state index contributed by atoms with van der Waals surface area (Å²) in [5.41, 5.74) is 0. The van der Waals surface area contributed by atoms with E-state index < -0.39 is 0 Å². The summed E-state index contributed by atoms with van der Waals surface area (Å²) in [6, 6.07) is 1.48. The predicted molar refractivity (Wildman–Crippen MR) is 45.3 cm³/mol. The summed E-state index contributed by atoms with van der Waals surface area (Å²) in [5, 5.41) is 7.57. The Labute approximate surface area is 92.1 Å². The molecule has 0 aromatic carbocycles. The molecule has 0 fully saturated rings. The summed E-state index contributed by atoms with van der Waals surface area (Å²) in [5.74, 6) is 0. The van der Waals surface area contributed by atoms with Gasteiger partial charge in [-0.15, -0.1) is 0 Å². The van der Waals surface area contributed by atoms with E-state index in [-0.39, 0.29) is 48.1 Å². The van der Waals surface area contributed by atoms with Crippen LogP contribution >= 0.6 is 0 Å². The summed E-state index contributed by atoms with van der Waals surface area (Å²) in [7, 11) is 0.114. The van der Waals surface area contributed by atoms with E-state index in [1.807, 2.05) is 0 Å². The molecule has 0 aliphatic carbocycles. The van der Waals surface area contributed by atoms with Gasteiger partial charge in [0.05, 0.1) is 0 Å². The average molecular weight is 236 g/mol. The van der Waals surface area contributed by atoms with E-state index in [2.05, 4.69) is 20.0 Å². The van der Waals surface area contributed by atoms with Gasteiger partial charge in [0.15, 0.2) is 0 Å². The van der Waals surface area contributed by atoms with Gasteiger partial charge in [0.2, 0.25) is 0 Å². The summed E-state index contributed by atoms with van der Waals surface area (Å²) in [6.45, 7) is 8.89. The first-order chi connectivity index (χ1) is 4.18. The van der Waals surface area contributed by atoms with Crippen molar-refractivity contribution < 1.29 is 37.8 Å². The number of aliphatic hydroxyl groups excluding tert-OH is 1. The van der Waals surface area contributed by atoms with Crippen molar-refractivity contribution >= 4 is 8.80 Å². The molecule has 0 unspecified atom stereocenters. The monoisotopic (exact) mass is 236 g/mol. The second kappa shape index (κ2) is 16.7. The van der Waals surface area contributed by atoms with Crippen LogP contribution in [0.4, 0.5) is 0 Å². The van der Waals surface area contributed by atoms with Gasteiger partial charge in [0.1, 0.15) is 0 Å². The molecule has 0 rings (SSSR count). The maximum Gasteiger partial charge on any atom is 0.0412 e. The van der Waals surface area contributed by atoms with Crippen LogP contribution in [0.5, 0.6) is 0 Å². The Kier molecular flexibility index (Phi) is 29.0. The Bertz CT molecular complexity index is 42.6. The molecule has 0 spiro atoms. The maximum absolute atomic E-state index is 7.57. The summed E-state index contributed by atoms with van der Waals surface area (Å²) >= 11 is 0. The molecule has 3 heteroatoms. The Hall–Kier alpha value is 1.28. The molecule has 0 bridgehead atoms. The van der Waals surface area contributed by atoms with E-state index >= 15 is 0 Å². The fourth-order valence-electron chi connectivity index (χ4n) is 0.500. The van der Waals surface area contributed by atoms with Crippen LogP contribution in [0.3, 0.4) is 0 Å². The van der Waals surface area contributed by atoms with Crippen molar-refractivity contribution in [2.45, 2.75) is 39.4 Å². The number of hydrogen-bond acceptors (Lipinski definition) is 1. The van der Waals surface area contributed by atoms with Crippen LogP contribution in [0.1, 0.15) is 20.3 Å². The zero-order chi connectivity index (χ0) is 7.70. The molecule has 1 N–H and O–H groups in total. The van der Waals surface area contributed by atoms with Crippen LogP contribution in [-0.4, -0.2) is 20.5 Å². The van der Waals surface area contributed by atoms with Crippen LogP contribution < -0.4 is 0 Å². The molecule has 0 aromatic rings. The molecule has 0 aromatic heterocycles. The van der Waals surface area contributed by atoms with Gasteiger partial charge in [-0.3, -0.25) is 0 Å². The Morgan fingerprint density at radius 3 is 1.50 bits per heavy atom. The van der Waals surface area contributed by atoms with E-state index in [0.717, 1.165) is 0 Å². The van der Waals surface area contributed by atoms with Gasteiger partial charge in [0.25, 0.3) is 0 Å². The molecular formula is C7H19OSiY. The van der Waals surface area contributed by atoms with Crippen molar-refractivity contribution in [1.29, 1.82) is 0 Å². The van der Waals surface area contributed by atoms with Crippen molar-refractivity contribution in [2.24, 2.45) is 0 Å². The smallest absolute Gasteiger partial charge is 0.0412 e. The van der Waals surface area contributed by atoms with Gasteiger partial charge in [0, 0.05) is 48.1 Å². The molecule has 0 aliphatic heterocycles. The third-order valence-electron chi connectivity index (χ3n) is 0.750. The third-order valence-corrected chi connectivity index (χ3v) is 2.25. The van der Waals surface area contributed by atoms with E-state index in [0.29, 0.717) is 0 Å². The van der Waals surface area contributed by atoms with Crippen molar-refractivity contribution in [3.8, 4) is 0 Å². The van der Waals surface area contributed by atoms with Crippen LogP contribution in [0.15, 0.2) is 0 Å². The van der Waals surface area contributed by atoms with Gasteiger partial charge in [-0.05, 0) is 6.92 Å². The van der Waals surface area contributed by atoms with E-state index in [1.165, 1.54) is 12.5 Å². The molecule has 10 heavy (non-hydrogen) atoms. The standard InChI is InChI=1S/C5H13Si.C2H6O.Y/c1-4-5-6(2)3;1-2-3;/h4-5H2,1-3H3;3H,2H2,1H3;. The average Bonchev–Trinajstić information content (AvgIpc) is 1.67. The summed E-state index contributed by atoms with van der Waals surface area (Å²) in [4.78, 5) is 0. The molecular weight excluding hydrogens is 217 g/mol. The number of aliphatic hydroxyl groups is 1. The third kappa shape index (κ3) is 34.7. The van der Waals surface area contributed by atoms with Crippen molar-refractivity contribution in [3.05, 3.63) is 0 Å². The van der Waals surface area contributed by atoms with Crippen LogP contribution in [0, 0.1) is 0 Å². The SMILES string of the molecule is CCC[Si](C)C.CCO.[Y]. The van der Waals surface area contributed by atoms with Crippen molar-refractivity contribution in [2.75, 3.05) is 6.61 Å². The van der Waals surface area contributed by atoms with Gasteiger partial charge in [-0.25, -0.2) is 0 Å². The molecule has 0 atom stereocenters. The number of rotatable bonds is 2. The molecule has 2 radical (unpaired) electrons. The van der Waals surface area contributed by atoms with Crippen LogP contribution in [0.2, 0.25) is 19.1 Å². The second-order valence-electron chi connectivity index (χ2n) is 2.27. The Morgan fingerprint density at radius 2 is 1.50 bits per heavy atom. The first-order valence-electron chi connectivity index (χ1n) is 3.58. The van der Waals surface area contributed by atoms with Crippen LogP contribution in [-0.2, 0) is 32.7 Å². The molecule has 0 saturated carbocycles. The fourth-order valence-corrected chi connectivity index (χ4v) is 1.50. The first kappa shape index (κ1) is 17.4. The van der Waals surface area contributed by atoms with E-state index in [9.17, 15) is 0 Å². The van der Waals surface area contributed by atoms with Crippen molar-refractivity contribution in [3.63, 3.8) is 0 Å². The minimum absolute atomic E-state index is 0. The van der Waals surface area contributed by atoms with Gasteiger partial charge in [-0.2, -0.15) is 0 Å². The molecule has 60 valence electrons. The zero-order valence-electron chi connectivity index (χ0n) is 7.65. The quantitative estimate of drug-likeness (QED) is 0.728. The summed E-state index contributed by atoms with van der Waals surface area (Å²) in [6.07, 6.45) is 1.38. The second-order valence-corrected chi connectivity index (χ2v) is 5.19. The fraction of sp³-hybridized carbons (Fsp3) is 1.00. The van der Waals surface area contributed by atoms with E-state index in [1.54, 1.807) is 6.92 Å². The van der Waals surface area contributed by atoms with Gasteiger partial charge >= 0.3 is 0 Å². The van der Waals surface area contributed by atoms with Gasteiger partial charge in [-0.1, -0.05) is 32.5 Å². The minimum atomic E-state index is 0. The predicted octanol–water partition coefficient (Wildman–Crippen LogP) is 2.15. The molecule has 0 amide bonds. The Balaban J connectivity index is -0.000000107. The number of hydrogen-bond donors (Lipinski definition) is 1. The van der Waals surface area contributed by atoms with E-state index in [4.69, 9.17) is 5.11 Å². The largest absolute Gasteiger partial charge is 0.397 e. The summed E-state index contributed by atoms with van der Waals surface area (Å²) < 4.78 is 0. The molecule has 1 nitrogen and oxygen atoms in total.